The number of phenols is 1. The predicted octanol–water partition coefficient (Wildman–Crippen LogP) is 7.35. The Balaban J connectivity index is 0.673. The number of imide groups is 1. The SMILES string of the molecule is C#Cc1c(F)ccc2cc(O)cc(-c3ncc4c(N5CC6CCC(C5)N6)nc(OCCN5CCN(CCC6CCC7(CC6)CCN(C(=O)c6ccc(Cl)c(N8CCC(=O)NC8=O)c6)CC7)CC5)nc4c3F)c12. The van der Waals surface area contributed by atoms with E-state index in [4.69, 9.17) is 27.7 Å². The number of hydrogen-bond acceptors (Lipinski definition) is 12. The summed E-state index contributed by atoms with van der Waals surface area (Å²) in [7, 11) is 0. The molecule has 6 fully saturated rings. The monoisotopic (exact) mass is 1000 g/mol. The highest BCUT2D eigenvalue weighted by atomic mass is 35.5. The highest BCUT2D eigenvalue weighted by Gasteiger charge is 2.40. The Hall–Kier alpha value is -6.19. The topological polar surface area (TPSA) is 160 Å². The van der Waals surface area contributed by atoms with Crippen LogP contribution in [0.15, 0.2) is 48.7 Å². The van der Waals surface area contributed by atoms with Crippen molar-refractivity contribution in [2.24, 2.45) is 11.3 Å². The Morgan fingerprint density at radius 2 is 1.64 bits per heavy atom. The van der Waals surface area contributed by atoms with Gasteiger partial charge in [-0.05, 0) is 117 Å². The first-order chi connectivity index (χ1) is 34.9. The molecule has 1 spiro atoms. The number of hydrogen-bond donors (Lipinski definition) is 3. The van der Waals surface area contributed by atoms with Gasteiger partial charge in [-0.3, -0.25) is 29.7 Å². The van der Waals surface area contributed by atoms with Crippen LogP contribution in [-0.4, -0.2) is 143 Å². The zero-order valence-electron chi connectivity index (χ0n) is 40.3. The number of nitrogens with one attached hydrogen (secondary N) is 2. The molecular formula is C54H59ClF2N10O5. The molecular weight excluding hydrogens is 942 g/mol. The first kappa shape index (κ1) is 48.1. The molecule has 15 nitrogen and oxygen atoms in total. The first-order valence-corrected chi connectivity index (χ1v) is 25.9. The van der Waals surface area contributed by atoms with Crippen LogP contribution in [0, 0.1) is 35.3 Å². The van der Waals surface area contributed by atoms with Crippen molar-refractivity contribution in [1.29, 1.82) is 0 Å². The van der Waals surface area contributed by atoms with Crippen LogP contribution in [0.3, 0.4) is 0 Å². The molecule has 5 aromatic rings. The van der Waals surface area contributed by atoms with Crippen molar-refractivity contribution in [2.75, 3.05) is 88.4 Å². The highest BCUT2D eigenvalue weighted by Crippen LogP contribution is 2.47. The van der Waals surface area contributed by atoms with E-state index >= 15 is 4.39 Å². The van der Waals surface area contributed by atoms with Crippen LogP contribution < -0.4 is 25.2 Å². The van der Waals surface area contributed by atoms with E-state index < -0.39 is 17.7 Å². The standard InChI is InChI=1S/C54H59ClF2N10O5/c1-2-39-43(56)8-4-34-27-38(68)29-40(46(34)39)48-47(57)49-41(30-58-48)50(66-31-36-5-6-37(32-66)59-36)62-52(61-49)72-26-25-64-23-21-63(22-24-64)17-11-33-9-13-54(14-10-33)15-19-65(20-16-54)51(70)35-3-7-42(55)44(28-35)67-18-12-45(69)60-53(67)71/h1,3-4,7-8,27-30,33,36-37,59,68H,5-6,9-26,31-32H2,(H,60,69,71). The maximum atomic E-state index is 17.0. The largest absolute Gasteiger partial charge is 0.508 e. The average molecular weight is 1000 g/mol. The lowest BCUT2D eigenvalue weighted by Gasteiger charge is -2.46. The average Bonchev–Trinajstić information content (AvgIpc) is 3.73. The van der Waals surface area contributed by atoms with Gasteiger partial charge in [0.15, 0.2) is 5.82 Å². The number of carbonyl (C=O) groups excluding carboxylic acids is 3. The Morgan fingerprint density at radius 1 is 0.903 bits per heavy atom. The summed E-state index contributed by atoms with van der Waals surface area (Å²) in [5.74, 6) is 1.76. The molecule has 72 heavy (non-hydrogen) atoms. The van der Waals surface area contributed by atoms with Crippen molar-refractivity contribution in [3.8, 4) is 35.4 Å². The number of nitrogens with zero attached hydrogens (tertiary/aromatic N) is 8. The molecule has 0 radical (unpaired) electrons. The number of likely N-dealkylation sites (tertiary alicyclic amines) is 1. The summed E-state index contributed by atoms with van der Waals surface area (Å²) in [6.45, 7) is 8.85. The van der Waals surface area contributed by atoms with E-state index in [0.717, 1.165) is 58.4 Å². The van der Waals surface area contributed by atoms with Crippen LogP contribution in [0.2, 0.25) is 5.02 Å². The molecule has 6 aliphatic rings. The number of halogens is 3. The van der Waals surface area contributed by atoms with Crippen molar-refractivity contribution in [3.05, 3.63) is 76.4 Å². The van der Waals surface area contributed by atoms with Crippen molar-refractivity contribution < 1.29 is 33.0 Å². The molecule has 2 unspecified atom stereocenters. The Kier molecular flexibility index (Phi) is 13.4. The zero-order valence-corrected chi connectivity index (χ0v) is 41.0. The Labute approximate surface area is 422 Å². The quantitative estimate of drug-likeness (QED) is 0.113. The van der Waals surface area contributed by atoms with Crippen LogP contribution in [0.1, 0.15) is 80.1 Å². The first-order valence-electron chi connectivity index (χ1n) is 25.5. The van der Waals surface area contributed by atoms with Crippen LogP contribution >= 0.6 is 11.6 Å². The van der Waals surface area contributed by atoms with E-state index in [0.29, 0.717) is 90.2 Å². The second-order valence-corrected chi connectivity index (χ2v) is 21.1. The van der Waals surface area contributed by atoms with Gasteiger partial charge in [-0.15, -0.1) is 6.42 Å². The minimum atomic E-state index is -0.740. The number of amides is 4. The number of fused-ring (bicyclic) bond motifs is 4. The molecule has 5 saturated heterocycles. The molecule has 2 bridgehead atoms. The van der Waals surface area contributed by atoms with Gasteiger partial charge in [-0.2, -0.15) is 9.97 Å². The molecule has 4 amide bonds. The van der Waals surface area contributed by atoms with Crippen molar-refractivity contribution >= 4 is 62.6 Å². The smallest absolute Gasteiger partial charge is 0.328 e. The van der Waals surface area contributed by atoms with E-state index in [-0.39, 0.29) is 69.7 Å². The van der Waals surface area contributed by atoms with Crippen molar-refractivity contribution in [1.82, 2.24) is 40.3 Å². The van der Waals surface area contributed by atoms with Gasteiger partial charge in [0.1, 0.15) is 35.2 Å². The lowest BCUT2D eigenvalue weighted by molar-refractivity contribution is -0.120. The molecule has 3 aromatic carbocycles. The summed E-state index contributed by atoms with van der Waals surface area (Å²) in [6.07, 6.45) is 17.5. The fourth-order valence-electron chi connectivity index (χ4n) is 12.2. The number of benzene rings is 3. The van der Waals surface area contributed by atoms with Gasteiger partial charge in [0.2, 0.25) is 5.91 Å². The summed E-state index contributed by atoms with van der Waals surface area (Å²) in [5, 5.41) is 18.2. The summed E-state index contributed by atoms with van der Waals surface area (Å²) >= 11 is 6.45. The molecule has 7 heterocycles. The number of ether oxygens (including phenoxy) is 1. The van der Waals surface area contributed by atoms with Gasteiger partial charge in [-0.25, -0.2) is 13.6 Å². The van der Waals surface area contributed by atoms with Gasteiger partial charge >= 0.3 is 12.0 Å². The maximum absolute atomic E-state index is 17.0. The fraction of sp³-hybridized carbons (Fsp3) is 0.481. The molecule has 18 heteroatoms. The number of anilines is 2. The maximum Gasteiger partial charge on any atom is 0.328 e. The van der Waals surface area contributed by atoms with E-state index in [1.54, 1.807) is 24.4 Å². The van der Waals surface area contributed by atoms with Crippen LogP contribution in [-0.2, 0) is 4.79 Å². The number of urea groups is 1. The van der Waals surface area contributed by atoms with Crippen LogP contribution in [0.4, 0.5) is 25.1 Å². The van der Waals surface area contributed by atoms with Gasteiger partial charge in [0.05, 0.1) is 21.7 Å². The molecule has 11 rings (SSSR count). The molecule has 3 N–H and O–H groups in total. The molecule has 2 aromatic heterocycles. The lowest BCUT2D eigenvalue weighted by Crippen LogP contribution is -2.51. The number of aromatic nitrogens is 3. The van der Waals surface area contributed by atoms with Crippen LogP contribution in [0.5, 0.6) is 11.8 Å². The Bertz CT molecular complexity index is 2970. The fourth-order valence-corrected chi connectivity index (χ4v) is 12.4. The second kappa shape index (κ2) is 20.0. The van der Waals surface area contributed by atoms with Gasteiger partial charge in [0.25, 0.3) is 5.91 Å². The summed E-state index contributed by atoms with van der Waals surface area (Å²) < 4.78 is 38.3. The van der Waals surface area contributed by atoms with E-state index in [2.05, 4.69) is 41.2 Å². The van der Waals surface area contributed by atoms with Gasteiger partial charge in [-0.1, -0.05) is 23.6 Å². The number of pyridine rings is 1. The number of terminal acetylenes is 1. The number of piperazine rings is 2. The van der Waals surface area contributed by atoms with Crippen molar-refractivity contribution in [3.63, 3.8) is 0 Å². The minimum Gasteiger partial charge on any atom is -0.508 e. The zero-order chi connectivity index (χ0) is 49.7. The number of aromatic hydroxyl groups is 1. The Morgan fingerprint density at radius 3 is 2.36 bits per heavy atom. The molecule has 1 aliphatic carbocycles. The molecule has 2 atom stereocenters. The summed E-state index contributed by atoms with van der Waals surface area (Å²) in [5.41, 5.74) is 1.24. The second-order valence-electron chi connectivity index (χ2n) is 20.7. The number of carbonyl (C=O) groups is 3. The lowest BCUT2D eigenvalue weighted by atomic mass is 9.65. The van der Waals surface area contributed by atoms with Gasteiger partial charge in [0, 0.05) is 107 Å². The normalized spacial score (nSPS) is 21.9. The third-order valence-corrected chi connectivity index (χ3v) is 16.7. The third-order valence-electron chi connectivity index (χ3n) is 16.4. The number of rotatable bonds is 11. The minimum absolute atomic E-state index is 0.0262. The number of phenolic OH excluding ortho intramolecular Hbond substituents is 1. The van der Waals surface area contributed by atoms with E-state index in [1.807, 2.05) is 4.90 Å². The van der Waals surface area contributed by atoms with Gasteiger partial charge < -0.3 is 29.9 Å². The summed E-state index contributed by atoms with van der Waals surface area (Å²) in [6, 6.07) is 10.7. The van der Waals surface area contributed by atoms with Crippen molar-refractivity contribution in [2.45, 2.75) is 76.3 Å². The molecule has 376 valence electrons. The summed E-state index contributed by atoms with van der Waals surface area (Å²) in [4.78, 5) is 62.4. The number of piperidine rings is 1. The van der Waals surface area contributed by atoms with E-state index in [1.165, 1.54) is 61.3 Å². The highest BCUT2D eigenvalue weighted by molar-refractivity contribution is 6.34. The third kappa shape index (κ3) is 9.61. The molecule has 1 saturated carbocycles. The van der Waals surface area contributed by atoms with Crippen LogP contribution in [0.25, 0.3) is 32.9 Å². The predicted molar refractivity (Wildman–Crippen MR) is 271 cm³/mol. The van der Waals surface area contributed by atoms with E-state index in [9.17, 15) is 23.9 Å². The molecule has 5 aliphatic heterocycles.